The van der Waals surface area contributed by atoms with E-state index in [1.165, 1.54) is 10.8 Å². The monoisotopic (exact) mass is 818 g/mol. The van der Waals surface area contributed by atoms with Gasteiger partial charge in [0.25, 0.3) is 12.3 Å². The van der Waals surface area contributed by atoms with Crippen molar-refractivity contribution in [2.45, 2.75) is 76.1 Å². The molecule has 316 valence electrons. The zero-order valence-electron chi connectivity index (χ0n) is 33.5. The number of alkyl halides is 2. The van der Waals surface area contributed by atoms with Gasteiger partial charge >= 0.3 is 5.69 Å². The topological polar surface area (TPSA) is 205 Å². The molecule has 0 spiro atoms. The van der Waals surface area contributed by atoms with Gasteiger partial charge in [0.1, 0.15) is 23.4 Å². The lowest BCUT2D eigenvalue weighted by Gasteiger charge is -2.47. The second-order valence-electron chi connectivity index (χ2n) is 15.9. The minimum Gasteiger partial charge on any atom is -0.386 e. The van der Waals surface area contributed by atoms with Crippen molar-refractivity contribution in [1.82, 2.24) is 40.2 Å². The Morgan fingerprint density at radius 2 is 1.88 bits per heavy atom. The number of anilines is 1. The molecule has 17 nitrogen and oxygen atoms in total. The Morgan fingerprint density at radius 3 is 2.58 bits per heavy atom. The van der Waals surface area contributed by atoms with Gasteiger partial charge in [-0.2, -0.15) is 0 Å². The number of imidazole rings is 1. The number of nitrogens with zero attached hydrogens (tertiary/aromatic N) is 6. The number of morpholine rings is 1. The van der Waals surface area contributed by atoms with Crippen LogP contribution in [0, 0.1) is 16.7 Å². The first-order valence-electron chi connectivity index (χ1n) is 20.1. The summed E-state index contributed by atoms with van der Waals surface area (Å²) in [5.74, 6) is -0.542. The second kappa shape index (κ2) is 17.7. The number of rotatable bonds is 12. The molecule has 5 heterocycles. The standard InChI is InChI=1S/C40H52F2N12O5/c1-23-19-52(15-16-59-23)32-13-14-45-37(48-32)27(17-43)38(56)47-28(34(44)36(41)42)18-46-25-9-7-24(8-10-25)20-50(2)26-21-53(22-26)29-5-4-6-30-35(29)51(3)40(58)54(30)31-11-12-33(55)49-39(31)57/h4-6,13-14,17-18,23-26,31,36,43-46H,7-12,15-16,19-22H2,1-3H3,(H,47,56)(H,49,55,57)/b28-18+,37-27-,43-17?,44-34?/t23-,24-,25-,31?/m0/s1. The van der Waals surface area contributed by atoms with E-state index in [9.17, 15) is 28.0 Å². The summed E-state index contributed by atoms with van der Waals surface area (Å²) in [5, 5.41) is 26.8. The van der Waals surface area contributed by atoms with Crippen LogP contribution in [0.3, 0.4) is 0 Å². The lowest BCUT2D eigenvalue weighted by Crippen LogP contribution is -2.59. The number of nitrogens with one attached hydrogen (secondary N) is 6. The first-order valence-corrected chi connectivity index (χ1v) is 20.1. The van der Waals surface area contributed by atoms with Crippen molar-refractivity contribution in [1.29, 1.82) is 10.8 Å². The summed E-state index contributed by atoms with van der Waals surface area (Å²) in [4.78, 5) is 62.3. The fraction of sp³-hybridized carbons (Fsp3) is 0.525. The Kier molecular flexibility index (Phi) is 12.4. The number of aliphatic imine (C=N–C) groups is 1. The van der Waals surface area contributed by atoms with Crippen LogP contribution in [0.15, 0.2) is 63.6 Å². The number of ether oxygens (including phenoxy) is 1. The van der Waals surface area contributed by atoms with Crippen molar-refractivity contribution >= 4 is 52.2 Å². The van der Waals surface area contributed by atoms with Crippen LogP contribution in [0.25, 0.3) is 11.0 Å². The highest BCUT2D eigenvalue weighted by molar-refractivity contribution is 6.15. The predicted octanol–water partition coefficient (Wildman–Crippen LogP) is 1.93. The molecule has 1 aliphatic carbocycles. The van der Waals surface area contributed by atoms with Gasteiger partial charge in [-0.15, -0.1) is 0 Å². The van der Waals surface area contributed by atoms with E-state index in [-0.39, 0.29) is 53.7 Å². The maximum Gasteiger partial charge on any atom is 0.329 e. The molecular weight excluding hydrogens is 767 g/mol. The van der Waals surface area contributed by atoms with Crippen molar-refractivity contribution in [3.63, 3.8) is 0 Å². The van der Waals surface area contributed by atoms with Gasteiger partial charge < -0.3 is 35.9 Å². The largest absolute Gasteiger partial charge is 0.386 e. The molecule has 59 heavy (non-hydrogen) atoms. The maximum atomic E-state index is 13.8. The minimum atomic E-state index is -3.13. The zero-order valence-corrected chi connectivity index (χ0v) is 33.5. The molecule has 1 saturated carbocycles. The SMILES string of the molecule is C[C@H]1CN(C2=N/C(=C(/C=N)C(=O)N/C(=C/N[C@H]3CC[C@H](CN(C)C4CN(c5cccc6c5n(C)c(=O)n6C5CCC(=O)NC5=O)C4)CC3)C(=N)C(F)F)NC=C2)CCO1. The third kappa shape index (κ3) is 8.85. The summed E-state index contributed by atoms with van der Waals surface area (Å²) in [6.45, 7) is 6.09. The third-order valence-electron chi connectivity index (χ3n) is 11.9. The number of hydrogen-bond acceptors (Lipinski definition) is 13. The highest BCUT2D eigenvalue weighted by Crippen LogP contribution is 2.34. The lowest BCUT2D eigenvalue weighted by molar-refractivity contribution is -0.135. The van der Waals surface area contributed by atoms with Crippen LogP contribution in [0.4, 0.5) is 14.5 Å². The number of halogens is 2. The van der Waals surface area contributed by atoms with E-state index in [0.717, 1.165) is 62.7 Å². The van der Waals surface area contributed by atoms with Crippen LogP contribution in [-0.4, -0.2) is 125 Å². The molecule has 2 atom stereocenters. The smallest absolute Gasteiger partial charge is 0.329 e. The van der Waals surface area contributed by atoms with E-state index in [2.05, 4.69) is 43.1 Å². The van der Waals surface area contributed by atoms with Gasteiger partial charge in [0.05, 0.1) is 40.7 Å². The Morgan fingerprint density at radius 1 is 1.12 bits per heavy atom. The molecular formula is C40H52F2N12O5. The van der Waals surface area contributed by atoms with E-state index < -0.39 is 30.0 Å². The zero-order chi connectivity index (χ0) is 42.0. The normalized spacial score (nSPS) is 25.1. The highest BCUT2D eigenvalue weighted by atomic mass is 19.3. The molecule has 7 rings (SSSR count). The number of carbonyl (C=O) groups excluding carboxylic acids is 3. The molecule has 3 saturated heterocycles. The number of fused-ring (bicyclic) bond motifs is 1. The first kappa shape index (κ1) is 41.5. The summed E-state index contributed by atoms with van der Waals surface area (Å²) in [6.07, 6.45) is 6.11. The number of amides is 3. The molecule has 1 unspecified atom stereocenters. The number of benzene rings is 1. The number of hydrogen-bond donors (Lipinski definition) is 6. The lowest BCUT2D eigenvalue weighted by atomic mass is 9.85. The van der Waals surface area contributed by atoms with E-state index in [1.807, 2.05) is 30.0 Å². The number of carbonyl (C=O) groups is 3. The van der Waals surface area contributed by atoms with Crippen molar-refractivity contribution in [2.75, 3.05) is 51.3 Å². The van der Waals surface area contributed by atoms with Crippen LogP contribution in [0.5, 0.6) is 0 Å². The van der Waals surface area contributed by atoms with Crippen LogP contribution >= 0.6 is 0 Å². The van der Waals surface area contributed by atoms with Gasteiger partial charge in [-0.25, -0.2) is 18.6 Å². The van der Waals surface area contributed by atoms with Gasteiger partial charge in [-0.3, -0.25) is 39.1 Å². The molecule has 0 bridgehead atoms. The second-order valence-corrected chi connectivity index (χ2v) is 15.9. The number of imide groups is 1. The summed E-state index contributed by atoms with van der Waals surface area (Å²) in [6, 6.07) is 5.23. The van der Waals surface area contributed by atoms with Crippen molar-refractivity contribution in [3.05, 3.63) is 64.3 Å². The first-order chi connectivity index (χ1) is 28.3. The number of allylic oxidation sites excluding steroid dienone is 1. The number of para-hydroxylation sites is 1. The molecule has 19 heteroatoms. The summed E-state index contributed by atoms with van der Waals surface area (Å²) < 4.78 is 36.3. The van der Waals surface area contributed by atoms with E-state index in [0.29, 0.717) is 43.0 Å². The highest BCUT2D eigenvalue weighted by Gasteiger charge is 2.36. The predicted molar refractivity (Wildman–Crippen MR) is 219 cm³/mol. The molecule has 5 aliphatic rings. The molecule has 2 aromatic rings. The fourth-order valence-corrected chi connectivity index (χ4v) is 8.55. The Labute approximate surface area is 340 Å². The van der Waals surface area contributed by atoms with Gasteiger partial charge in [0, 0.05) is 76.9 Å². The number of amidine groups is 1. The van der Waals surface area contributed by atoms with Gasteiger partial charge in [-0.1, -0.05) is 6.07 Å². The third-order valence-corrected chi connectivity index (χ3v) is 11.9. The fourth-order valence-electron chi connectivity index (χ4n) is 8.55. The maximum absolute atomic E-state index is 13.8. The van der Waals surface area contributed by atoms with Gasteiger partial charge in [0.2, 0.25) is 11.8 Å². The van der Waals surface area contributed by atoms with Crippen molar-refractivity contribution in [3.8, 4) is 0 Å². The summed E-state index contributed by atoms with van der Waals surface area (Å²) in [7, 11) is 3.82. The van der Waals surface area contributed by atoms with Crippen LogP contribution < -0.4 is 31.9 Å². The molecule has 3 amide bonds. The average molecular weight is 819 g/mol. The van der Waals surface area contributed by atoms with Crippen LogP contribution in [0.2, 0.25) is 0 Å². The molecule has 4 aliphatic heterocycles. The number of aromatic nitrogens is 2. The number of aryl methyl sites for hydroxylation is 1. The van der Waals surface area contributed by atoms with Crippen molar-refractivity contribution < 1.29 is 27.9 Å². The average Bonchev–Trinajstić information content (AvgIpc) is 3.45. The molecule has 0 radical (unpaired) electrons. The Bertz CT molecular complexity index is 2180. The van der Waals surface area contributed by atoms with Crippen molar-refractivity contribution in [2.24, 2.45) is 18.0 Å². The Balaban J connectivity index is 0.925. The summed E-state index contributed by atoms with van der Waals surface area (Å²) >= 11 is 0. The molecule has 1 aromatic carbocycles. The minimum absolute atomic E-state index is 0.00545. The molecule has 6 N–H and O–H groups in total. The van der Waals surface area contributed by atoms with E-state index >= 15 is 0 Å². The Hall–Kier alpha value is -5.69. The molecule has 4 fully saturated rings. The van der Waals surface area contributed by atoms with Gasteiger partial charge in [-0.05, 0) is 70.2 Å². The van der Waals surface area contributed by atoms with Crippen LogP contribution in [-0.2, 0) is 26.2 Å². The van der Waals surface area contributed by atoms with Crippen LogP contribution in [0.1, 0.15) is 51.5 Å². The quantitative estimate of drug-likeness (QED) is 0.104. The molecule has 1 aromatic heterocycles. The summed E-state index contributed by atoms with van der Waals surface area (Å²) in [5.41, 5.74) is 0.442. The number of piperidine rings is 1. The number of likely N-dealkylation sites (N-methyl/N-ethyl adjacent to an activating group) is 1. The van der Waals surface area contributed by atoms with Gasteiger partial charge in [0.15, 0.2) is 0 Å². The van der Waals surface area contributed by atoms with E-state index in [4.69, 9.17) is 15.6 Å². The van der Waals surface area contributed by atoms with E-state index in [1.54, 1.807) is 23.9 Å².